The molecule has 0 bridgehead atoms. The Kier molecular flexibility index (Phi) is 7.69. The van der Waals surface area contributed by atoms with Crippen molar-refractivity contribution in [3.05, 3.63) is 53.6 Å². The van der Waals surface area contributed by atoms with Gasteiger partial charge in [0.2, 0.25) is 0 Å². The number of benzene rings is 2. The number of hydrogen-bond acceptors (Lipinski definition) is 3. The Bertz CT molecular complexity index is 662. The van der Waals surface area contributed by atoms with E-state index in [9.17, 15) is 0 Å². The van der Waals surface area contributed by atoms with Crippen LogP contribution in [0.1, 0.15) is 13.8 Å². The maximum Gasteiger partial charge on any atom is 0.170 e. The van der Waals surface area contributed by atoms with Gasteiger partial charge in [-0.1, -0.05) is 17.7 Å². The number of halogens is 1. The van der Waals surface area contributed by atoms with Gasteiger partial charge in [-0.3, -0.25) is 0 Å². The first-order valence-electron chi connectivity index (χ1n) is 7.73. The lowest BCUT2D eigenvalue weighted by atomic mass is 10.3. The van der Waals surface area contributed by atoms with Crippen LogP contribution in [-0.2, 0) is 0 Å². The molecule has 0 heterocycles. The van der Waals surface area contributed by atoms with Crippen LogP contribution >= 0.6 is 35.6 Å². The third-order valence-corrected chi connectivity index (χ3v) is 4.45. The lowest BCUT2D eigenvalue weighted by molar-refractivity contribution is 0.242. The fourth-order valence-corrected chi connectivity index (χ4v) is 3.07. The van der Waals surface area contributed by atoms with E-state index in [-0.39, 0.29) is 6.10 Å². The highest BCUT2D eigenvalue weighted by atomic mass is 35.5. The van der Waals surface area contributed by atoms with E-state index in [1.54, 1.807) is 11.8 Å². The molecule has 2 rings (SSSR count). The van der Waals surface area contributed by atoms with Crippen LogP contribution in [-0.4, -0.2) is 23.5 Å². The zero-order valence-corrected chi connectivity index (χ0v) is 16.1. The van der Waals surface area contributed by atoms with E-state index >= 15 is 0 Å². The zero-order chi connectivity index (χ0) is 17.4. The van der Waals surface area contributed by atoms with Gasteiger partial charge in [-0.2, -0.15) is 0 Å². The van der Waals surface area contributed by atoms with Gasteiger partial charge in [0, 0.05) is 34.0 Å². The molecule has 0 aliphatic heterocycles. The minimum Gasteiger partial charge on any atom is -0.491 e. The minimum absolute atomic E-state index is 0.148. The molecule has 0 aliphatic carbocycles. The Morgan fingerprint density at radius 2 is 1.96 bits per heavy atom. The van der Waals surface area contributed by atoms with Gasteiger partial charge in [-0.15, -0.1) is 11.8 Å². The zero-order valence-electron chi connectivity index (χ0n) is 13.7. The molecule has 0 radical (unpaired) electrons. The highest BCUT2D eigenvalue weighted by Gasteiger charge is 2.02. The van der Waals surface area contributed by atoms with Crippen LogP contribution in [0.4, 0.5) is 5.69 Å². The van der Waals surface area contributed by atoms with Gasteiger partial charge in [-0.25, -0.2) is 0 Å². The number of rotatable bonds is 7. The van der Waals surface area contributed by atoms with Gasteiger partial charge >= 0.3 is 0 Å². The van der Waals surface area contributed by atoms with E-state index in [0.717, 1.165) is 28.8 Å². The van der Waals surface area contributed by atoms with Gasteiger partial charge in [-0.05, 0) is 62.5 Å². The maximum absolute atomic E-state index is 5.87. The number of ether oxygens (including phenoxy) is 1. The summed E-state index contributed by atoms with van der Waals surface area (Å²) < 4.78 is 5.68. The van der Waals surface area contributed by atoms with Gasteiger partial charge in [0.25, 0.3) is 0 Å². The number of nitrogens with one attached hydrogen (secondary N) is 2. The highest BCUT2D eigenvalue weighted by molar-refractivity contribution is 7.99. The van der Waals surface area contributed by atoms with E-state index in [1.807, 2.05) is 62.4 Å². The summed E-state index contributed by atoms with van der Waals surface area (Å²) in [6.45, 7) is 4.79. The van der Waals surface area contributed by atoms with Crippen LogP contribution < -0.4 is 15.4 Å². The standard InChI is InChI=1S/C18H21ClN2OS2/c1-13(2)22-16-5-3-4-15(12-16)21-18(23)20-10-11-24-17-8-6-14(19)7-9-17/h3-9,12-13H,10-11H2,1-2H3,(H2,20,21,23). The third kappa shape index (κ3) is 6.99. The second-order valence-electron chi connectivity index (χ2n) is 5.38. The molecule has 2 N–H and O–H groups in total. The van der Waals surface area contributed by atoms with Crippen LogP contribution in [0, 0.1) is 0 Å². The molecular formula is C18H21ClN2OS2. The SMILES string of the molecule is CC(C)Oc1cccc(NC(=S)NCCSc2ccc(Cl)cc2)c1. The second kappa shape index (κ2) is 9.77. The first kappa shape index (κ1) is 18.9. The Hall–Kier alpha value is -1.43. The summed E-state index contributed by atoms with van der Waals surface area (Å²) in [6, 6.07) is 15.6. The molecule has 2 aromatic carbocycles. The van der Waals surface area contributed by atoms with Crippen molar-refractivity contribution in [1.82, 2.24) is 5.32 Å². The molecule has 3 nitrogen and oxygen atoms in total. The molecule has 0 aromatic heterocycles. The number of thioether (sulfide) groups is 1. The van der Waals surface area contributed by atoms with Gasteiger partial charge in [0.1, 0.15) is 5.75 Å². The van der Waals surface area contributed by atoms with Crippen LogP contribution in [0.5, 0.6) is 5.75 Å². The molecule has 0 atom stereocenters. The van der Waals surface area contributed by atoms with Crippen molar-refractivity contribution < 1.29 is 4.74 Å². The summed E-state index contributed by atoms with van der Waals surface area (Å²) in [5.74, 6) is 1.75. The average Bonchev–Trinajstić information content (AvgIpc) is 2.53. The van der Waals surface area contributed by atoms with Crippen LogP contribution in [0.15, 0.2) is 53.4 Å². The van der Waals surface area contributed by atoms with Crippen molar-refractivity contribution in [2.24, 2.45) is 0 Å². The summed E-state index contributed by atoms with van der Waals surface area (Å²) in [4.78, 5) is 1.19. The Labute approximate surface area is 158 Å². The quantitative estimate of drug-likeness (QED) is 0.391. The monoisotopic (exact) mass is 380 g/mol. The first-order valence-corrected chi connectivity index (χ1v) is 9.50. The smallest absolute Gasteiger partial charge is 0.170 e. The molecule has 0 saturated carbocycles. The molecule has 2 aromatic rings. The number of hydrogen-bond donors (Lipinski definition) is 2. The first-order chi connectivity index (χ1) is 11.5. The van der Waals surface area contributed by atoms with Crippen molar-refractivity contribution in [2.75, 3.05) is 17.6 Å². The highest BCUT2D eigenvalue weighted by Crippen LogP contribution is 2.20. The lowest BCUT2D eigenvalue weighted by Gasteiger charge is -2.13. The van der Waals surface area contributed by atoms with E-state index in [2.05, 4.69) is 10.6 Å². The van der Waals surface area contributed by atoms with Gasteiger partial charge < -0.3 is 15.4 Å². The second-order valence-corrected chi connectivity index (χ2v) is 7.39. The van der Waals surface area contributed by atoms with E-state index < -0.39 is 0 Å². The Morgan fingerprint density at radius 3 is 2.67 bits per heavy atom. The summed E-state index contributed by atoms with van der Waals surface area (Å²) in [6.07, 6.45) is 0.148. The van der Waals surface area contributed by atoms with Crippen LogP contribution in [0.2, 0.25) is 5.02 Å². The number of thiocarbonyl (C=S) groups is 1. The molecule has 24 heavy (non-hydrogen) atoms. The Morgan fingerprint density at radius 1 is 1.21 bits per heavy atom. The normalized spacial score (nSPS) is 10.5. The van der Waals surface area contributed by atoms with Crippen molar-refractivity contribution >= 4 is 46.4 Å². The van der Waals surface area contributed by atoms with E-state index in [4.69, 9.17) is 28.6 Å². The predicted molar refractivity (Wildman–Crippen MR) is 109 cm³/mol. The molecule has 0 amide bonds. The fourth-order valence-electron chi connectivity index (χ4n) is 1.96. The van der Waals surface area contributed by atoms with Crippen molar-refractivity contribution in [1.29, 1.82) is 0 Å². The molecular weight excluding hydrogens is 360 g/mol. The predicted octanol–water partition coefficient (Wildman–Crippen LogP) is 5.21. The molecule has 0 aliphatic rings. The molecule has 0 unspecified atom stereocenters. The van der Waals surface area contributed by atoms with Gasteiger partial charge in [0.05, 0.1) is 6.10 Å². The van der Waals surface area contributed by atoms with Crippen molar-refractivity contribution in [2.45, 2.75) is 24.8 Å². The minimum atomic E-state index is 0.148. The van der Waals surface area contributed by atoms with Crippen LogP contribution in [0.3, 0.4) is 0 Å². The van der Waals surface area contributed by atoms with Crippen LogP contribution in [0.25, 0.3) is 0 Å². The lowest BCUT2D eigenvalue weighted by Crippen LogP contribution is -2.30. The molecule has 0 spiro atoms. The van der Waals surface area contributed by atoms with E-state index in [1.165, 1.54) is 4.90 Å². The summed E-state index contributed by atoms with van der Waals surface area (Å²) >= 11 is 13.0. The summed E-state index contributed by atoms with van der Waals surface area (Å²) in [5, 5.41) is 7.74. The number of anilines is 1. The maximum atomic E-state index is 5.87. The average molecular weight is 381 g/mol. The molecule has 0 saturated heterocycles. The summed E-state index contributed by atoms with van der Waals surface area (Å²) in [7, 11) is 0. The molecule has 0 fully saturated rings. The topological polar surface area (TPSA) is 33.3 Å². The molecule has 6 heteroatoms. The van der Waals surface area contributed by atoms with E-state index in [0.29, 0.717) is 5.11 Å². The molecule has 128 valence electrons. The summed E-state index contributed by atoms with van der Waals surface area (Å²) in [5.41, 5.74) is 0.913. The van der Waals surface area contributed by atoms with Crippen molar-refractivity contribution in [3.8, 4) is 5.75 Å². The van der Waals surface area contributed by atoms with Gasteiger partial charge in [0.15, 0.2) is 5.11 Å². The fraction of sp³-hybridized carbons (Fsp3) is 0.278. The van der Waals surface area contributed by atoms with Crippen molar-refractivity contribution in [3.63, 3.8) is 0 Å². The largest absolute Gasteiger partial charge is 0.491 e. The third-order valence-electron chi connectivity index (χ3n) is 2.93. The Balaban J connectivity index is 1.72.